The number of carbonyl (C=O) groups excluding carboxylic acids is 2. The first kappa shape index (κ1) is 7.81. The van der Waals surface area contributed by atoms with Crippen molar-refractivity contribution in [2.24, 2.45) is 0 Å². The Bertz CT molecular complexity index is 104. The lowest BCUT2D eigenvalue weighted by Crippen LogP contribution is -2.11. The molecule has 9 heavy (non-hydrogen) atoms. The molecule has 0 unspecified atom stereocenters. The zero-order chi connectivity index (χ0) is 7.28. The van der Waals surface area contributed by atoms with Crippen LogP contribution in [0.15, 0.2) is 0 Å². The fraction of sp³-hybridized carbons (Fsp3) is 0.400. The van der Waals surface area contributed by atoms with Gasteiger partial charge in [-0.25, -0.2) is 0 Å². The average molecular weight is 131 g/mol. The largest absolute Gasteiger partial charge is 0.509 e. The molecular weight excluding hydrogens is 124 g/mol. The number of rotatable bonds is 2. The Morgan fingerprint density at radius 3 is 1.67 bits per heavy atom. The van der Waals surface area contributed by atoms with Gasteiger partial charge in [-0.3, -0.25) is 0 Å². The molecule has 0 saturated heterocycles. The highest BCUT2D eigenvalue weighted by Crippen LogP contribution is 1.83. The van der Waals surface area contributed by atoms with Crippen molar-refractivity contribution in [1.29, 1.82) is 0 Å². The van der Waals surface area contributed by atoms with Gasteiger partial charge in [0.1, 0.15) is 0 Å². The van der Waals surface area contributed by atoms with Crippen molar-refractivity contribution < 1.29 is 19.1 Å². The van der Waals surface area contributed by atoms with Gasteiger partial charge < -0.3 is 9.47 Å². The summed E-state index contributed by atoms with van der Waals surface area (Å²) in [7, 11) is 2.36. The highest BCUT2D eigenvalue weighted by molar-refractivity contribution is 6.03. The molecule has 0 rings (SSSR count). The third-order valence-corrected chi connectivity index (χ3v) is 0.638. The van der Waals surface area contributed by atoms with E-state index in [-0.39, 0.29) is 0 Å². The van der Waals surface area contributed by atoms with Crippen molar-refractivity contribution in [3.63, 3.8) is 0 Å². The van der Waals surface area contributed by atoms with Crippen LogP contribution in [0.4, 0.5) is 0 Å². The minimum absolute atomic E-state index is 0.707. The van der Waals surface area contributed by atoms with Crippen molar-refractivity contribution in [1.82, 2.24) is 0 Å². The molecule has 0 amide bonds. The van der Waals surface area contributed by atoms with Gasteiger partial charge in [-0.05, 0) is 0 Å². The maximum atomic E-state index is 10.2. The van der Waals surface area contributed by atoms with Crippen LogP contribution in [-0.2, 0) is 19.1 Å². The average Bonchev–Trinajstić information content (AvgIpc) is 1.87. The molecule has 0 saturated carbocycles. The van der Waals surface area contributed by atoms with E-state index in [1.165, 1.54) is 14.2 Å². The smallest absolute Gasteiger partial charge is 0.433 e. The van der Waals surface area contributed by atoms with Gasteiger partial charge in [-0.2, -0.15) is 9.59 Å². The summed E-state index contributed by atoms with van der Waals surface area (Å²) in [6, 6.07) is 0. The molecule has 0 aliphatic carbocycles. The van der Waals surface area contributed by atoms with E-state index in [4.69, 9.17) is 0 Å². The first-order valence-corrected chi connectivity index (χ1v) is 2.21. The topological polar surface area (TPSA) is 52.6 Å². The quantitative estimate of drug-likeness (QED) is 0.289. The Morgan fingerprint density at radius 1 is 1.11 bits per heavy atom. The molecule has 0 atom stereocenters. The number of esters is 2. The lowest BCUT2D eigenvalue weighted by atomic mass is 10.4. The molecule has 0 spiro atoms. The minimum Gasteiger partial charge on any atom is -0.433 e. The normalized spacial score (nSPS) is 7.78. The molecule has 0 aliphatic heterocycles. The van der Waals surface area contributed by atoms with Gasteiger partial charge in [0.15, 0.2) is 0 Å². The molecule has 4 nitrogen and oxygen atoms in total. The van der Waals surface area contributed by atoms with Crippen molar-refractivity contribution in [3.8, 4) is 0 Å². The molecule has 0 radical (unpaired) electrons. The van der Waals surface area contributed by atoms with E-state index < -0.39 is 11.9 Å². The summed E-state index contributed by atoms with van der Waals surface area (Å²) in [6.07, 6.45) is 0.722. The summed E-state index contributed by atoms with van der Waals surface area (Å²) < 4.78 is 8.25. The van der Waals surface area contributed by atoms with Gasteiger partial charge >= 0.3 is 18.4 Å². The molecule has 0 aliphatic rings. The Labute approximate surface area is 52.7 Å². The lowest BCUT2D eigenvalue weighted by Gasteiger charge is -1.84. The van der Waals surface area contributed by atoms with E-state index in [1.54, 1.807) is 0 Å². The fourth-order valence-corrected chi connectivity index (χ4v) is 0.214. The summed E-state index contributed by atoms with van der Waals surface area (Å²) in [6.45, 7) is 0. The maximum Gasteiger partial charge on any atom is 0.509 e. The monoisotopic (exact) mass is 131 g/mol. The summed E-state index contributed by atoms with van der Waals surface area (Å²) in [5, 5.41) is 0. The van der Waals surface area contributed by atoms with Crippen LogP contribution in [0.1, 0.15) is 0 Å². The standard InChI is InChI=1S/C5H7O4/c1-8-4(6)3-5(7)9-2/h3H,1-2H3/q+1. The third-order valence-electron chi connectivity index (χ3n) is 0.638. The number of ether oxygens (including phenoxy) is 2. The Hall–Kier alpha value is -1.19. The van der Waals surface area contributed by atoms with Crippen LogP contribution >= 0.6 is 0 Å². The van der Waals surface area contributed by atoms with Crippen LogP contribution in [0.5, 0.6) is 0 Å². The summed E-state index contributed by atoms with van der Waals surface area (Å²) in [5.74, 6) is -1.41. The predicted molar refractivity (Wildman–Crippen MR) is 28.3 cm³/mol. The molecule has 0 aromatic rings. The maximum absolute atomic E-state index is 10.2. The fourth-order valence-electron chi connectivity index (χ4n) is 0.214. The molecule has 0 bridgehead atoms. The Morgan fingerprint density at radius 2 is 1.44 bits per heavy atom. The molecule has 50 valence electrons. The van der Waals surface area contributed by atoms with E-state index in [2.05, 4.69) is 9.47 Å². The third kappa shape index (κ3) is 3.40. The van der Waals surface area contributed by atoms with E-state index in [0.29, 0.717) is 0 Å². The van der Waals surface area contributed by atoms with Crippen molar-refractivity contribution >= 4 is 11.9 Å². The molecule has 0 aromatic carbocycles. The minimum atomic E-state index is -0.707. The van der Waals surface area contributed by atoms with E-state index in [1.807, 2.05) is 0 Å². The number of carbonyl (C=O) groups is 2. The predicted octanol–water partition coefficient (Wildman–Crippen LogP) is -0.463. The number of hydrogen-bond acceptors (Lipinski definition) is 4. The molecule has 0 N–H and O–H groups in total. The van der Waals surface area contributed by atoms with Crippen molar-refractivity contribution in [2.45, 2.75) is 0 Å². The summed E-state index contributed by atoms with van der Waals surface area (Å²) >= 11 is 0. The van der Waals surface area contributed by atoms with Gasteiger partial charge in [0, 0.05) is 0 Å². The van der Waals surface area contributed by atoms with Crippen molar-refractivity contribution in [2.75, 3.05) is 14.2 Å². The molecule has 4 heteroatoms. The van der Waals surface area contributed by atoms with Gasteiger partial charge in [0.25, 0.3) is 0 Å². The van der Waals surface area contributed by atoms with Crippen LogP contribution in [0.2, 0.25) is 0 Å². The van der Waals surface area contributed by atoms with E-state index in [9.17, 15) is 9.59 Å². The van der Waals surface area contributed by atoms with Crippen LogP contribution in [0.3, 0.4) is 0 Å². The van der Waals surface area contributed by atoms with Crippen LogP contribution < -0.4 is 0 Å². The number of hydrogen-bond donors (Lipinski definition) is 0. The molecule has 0 aromatic heterocycles. The highest BCUT2D eigenvalue weighted by Gasteiger charge is 2.23. The first-order chi connectivity index (χ1) is 4.20. The Balaban J connectivity index is 3.47. The van der Waals surface area contributed by atoms with Crippen molar-refractivity contribution in [3.05, 3.63) is 6.42 Å². The van der Waals surface area contributed by atoms with Gasteiger partial charge in [-0.15, -0.1) is 0 Å². The second-order valence-electron chi connectivity index (χ2n) is 1.19. The summed E-state index contributed by atoms with van der Waals surface area (Å²) in [4.78, 5) is 20.4. The second-order valence-corrected chi connectivity index (χ2v) is 1.19. The van der Waals surface area contributed by atoms with Crippen LogP contribution in [0, 0.1) is 6.42 Å². The van der Waals surface area contributed by atoms with E-state index in [0.717, 1.165) is 6.42 Å². The highest BCUT2D eigenvalue weighted by atomic mass is 16.5. The molecule has 0 heterocycles. The first-order valence-electron chi connectivity index (χ1n) is 2.21. The number of methoxy groups -OCH3 is 2. The van der Waals surface area contributed by atoms with Crippen LogP contribution in [0.25, 0.3) is 0 Å². The second kappa shape index (κ2) is 3.77. The van der Waals surface area contributed by atoms with Gasteiger partial charge in [-0.1, -0.05) is 0 Å². The van der Waals surface area contributed by atoms with Gasteiger partial charge in [0.05, 0.1) is 14.2 Å². The zero-order valence-electron chi connectivity index (χ0n) is 5.21. The lowest BCUT2D eigenvalue weighted by molar-refractivity contribution is -0.144. The van der Waals surface area contributed by atoms with Crippen LogP contribution in [-0.4, -0.2) is 26.2 Å². The van der Waals surface area contributed by atoms with Gasteiger partial charge in [0.2, 0.25) is 0 Å². The van der Waals surface area contributed by atoms with E-state index >= 15 is 0 Å². The molecular formula is C5H7O4+. The zero-order valence-corrected chi connectivity index (χ0v) is 5.21. The molecule has 0 fully saturated rings. The Kier molecular flexibility index (Phi) is 3.27. The SMILES string of the molecule is COC(=O)[CH+]C(=O)OC. The summed E-state index contributed by atoms with van der Waals surface area (Å²) in [5.41, 5.74) is 0.